The topological polar surface area (TPSA) is 54.0 Å². The number of aryl methyl sites for hydroxylation is 3. The van der Waals surface area contributed by atoms with Crippen molar-refractivity contribution < 1.29 is 4.79 Å². The molecule has 0 atom stereocenters. The highest BCUT2D eigenvalue weighted by Gasteiger charge is 2.10. The molecule has 4 nitrogen and oxygen atoms in total. The van der Waals surface area contributed by atoms with Gasteiger partial charge in [0.05, 0.1) is 11.2 Å². The largest absolute Gasteiger partial charge is 0.331 e. The number of amides is 1. The summed E-state index contributed by atoms with van der Waals surface area (Å²) in [5, 5.41) is 7.06. The molecule has 0 saturated carbocycles. The average molecular weight is 349 g/mol. The predicted octanol–water partition coefficient (Wildman–Crippen LogP) is 4.29. The quantitative estimate of drug-likeness (QED) is 0.678. The van der Waals surface area contributed by atoms with Gasteiger partial charge in [0.25, 0.3) is 5.91 Å². The number of aromatic nitrogens is 1. The molecule has 0 radical (unpaired) electrons. The molecule has 3 aromatic rings. The standard InChI is InChI=1S/C20H19N3OS/c1-12-7-9-16(11-13(12)2)19(24)23-20(25)22-17-6-4-5-15-10-8-14(3)21-18(15)17/h4-11H,1-3H3,(H2,22,23,24,25). The van der Waals surface area contributed by atoms with Gasteiger partial charge in [0, 0.05) is 16.6 Å². The summed E-state index contributed by atoms with van der Waals surface area (Å²) >= 11 is 5.30. The van der Waals surface area contributed by atoms with Crippen molar-refractivity contribution in [3.63, 3.8) is 0 Å². The number of nitrogens with zero attached hydrogens (tertiary/aromatic N) is 1. The van der Waals surface area contributed by atoms with E-state index in [-0.39, 0.29) is 11.0 Å². The van der Waals surface area contributed by atoms with Gasteiger partial charge in [0.1, 0.15) is 0 Å². The van der Waals surface area contributed by atoms with Gasteiger partial charge < -0.3 is 5.32 Å². The van der Waals surface area contributed by atoms with Crippen LogP contribution in [0.4, 0.5) is 5.69 Å². The third-order valence-electron chi connectivity index (χ3n) is 4.10. The first-order valence-electron chi connectivity index (χ1n) is 8.00. The van der Waals surface area contributed by atoms with E-state index in [1.165, 1.54) is 0 Å². The minimum Gasteiger partial charge on any atom is -0.331 e. The van der Waals surface area contributed by atoms with Gasteiger partial charge in [-0.25, -0.2) is 0 Å². The molecule has 1 aromatic heterocycles. The third kappa shape index (κ3) is 3.83. The van der Waals surface area contributed by atoms with E-state index in [2.05, 4.69) is 15.6 Å². The number of hydrogen-bond acceptors (Lipinski definition) is 3. The lowest BCUT2D eigenvalue weighted by Gasteiger charge is -2.12. The Morgan fingerprint density at radius 2 is 1.80 bits per heavy atom. The van der Waals surface area contributed by atoms with Gasteiger partial charge in [-0.2, -0.15) is 0 Å². The molecule has 2 aromatic carbocycles. The van der Waals surface area contributed by atoms with Crippen molar-refractivity contribution >= 4 is 39.8 Å². The van der Waals surface area contributed by atoms with Gasteiger partial charge in [-0.1, -0.05) is 24.3 Å². The Morgan fingerprint density at radius 1 is 1.00 bits per heavy atom. The van der Waals surface area contributed by atoms with E-state index in [4.69, 9.17) is 12.2 Å². The normalized spacial score (nSPS) is 10.5. The first-order chi connectivity index (χ1) is 11.9. The minimum absolute atomic E-state index is 0.232. The molecule has 0 saturated heterocycles. The number of anilines is 1. The second-order valence-corrected chi connectivity index (χ2v) is 6.45. The second-order valence-electron chi connectivity index (χ2n) is 6.04. The Kier molecular flexibility index (Phi) is 4.76. The molecule has 0 aliphatic heterocycles. The van der Waals surface area contributed by atoms with E-state index in [0.717, 1.165) is 33.4 Å². The third-order valence-corrected chi connectivity index (χ3v) is 4.31. The van der Waals surface area contributed by atoms with Crippen molar-refractivity contribution in [2.45, 2.75) is 20.8 Å². The van der Waals surface area contributed by atoms with Crippen LogP contribution in [0.2, 0.25) is 0 Å². The Labute approximate surface area is 152 Å². The summed E-state index contributed by atoms with van der Waals surface area (Å²) in [6.45, 7) is 5.93. The molecule has 0 fully saturated rings. The number of thiocarbonyl (C=S) groups is 1. The van der Waals surface area contributed by atoms with Crippen LogP contribution in [-0.2, 0) is 0 Å². The number of hydrogen-bond donors (Lipinski definition) is 2. The maximum Gasteiger partial charge on any atom is 0.257 e. The molecule has 1 amide bonds. The highest BCUT2D eigenvalue weighted by atomic mass is 32.1. The Hall–Kier alpha value is -2.79. The van der Waals surface area contributed by atoms with Crippen LogP contribution >= 0.6 is 12.2 Å². The van der Waals surface area contributed by atoms with Crippen LogP contribution in [-0.4, -0.2) is 16.0 Å². The fourth-order valence-corrected chi connectivity index (χ4v) is 2.76. The number of para-hydroxylation sites is 1. The lowest BCUT2D eigenvalue weighted by molar-refractivity contribution is 0.0977. The summed E-state index contributed by atoms with van der Waals surface area (Å²) in [6, 6.07) is 15.4. The van der Waals surface area contributed by atoms with Gasteiger partial charge >= 0.3 is 0 Å². The van der Waals surface area contributed by atoms with E-state index >= 15 is 0 Å². The first kappa shape index (κ1) is 17.0. The number of carbonyl (C=O) groups is 1. The van der Waals surface area contributed by atoms with Gasteiger partial charge in [0.15, 0.2) is 5.11 Å². The summed E-state index contributed by atoms with van der Waals surface area (Å²) in [4.78, 5) is 16.9. The molecule has 0 aliphatic carbocycles. The smallest absolute Gasteiger partial charge is 0.257 e. The molecule has 0 aliphatic rings. The van der Waals surface area contributed by atoms with E-state index < -0.39 is 0 Å². The number of nitrogens with one attached hydrogen (secondary N) is 2. The Balaban J connectivity index is 1.77. The number of carbonyl (C=O) groups excluding carboxylic acids is 1. The highest BCUT2D eigenvalue weighted by molar-refractivity contribution is 7.80. The molecule has 3 rings (SSSR count). The molecule has 126 valence electrons. The molecule has 5 heteroatoms. The minimum atomic E-state index is -0.232. The van der Waals surface area contributed by atoms with Crippen molar-refractivity contribution in [1.29, 1.82) is 0 Å². The maximum absolute atomic E-state index is 12.4. The van der Waals surface area contributed by atoms with Crippen LogP contribution in [0.15, 0.2) is 48.5 Å². The average Bonchev–Trinajstić information content (AvgIpc) is 2.57. The van der Waals surface area contributed by atoms with Crippen molar-refractivity contribution in [1.82, 2.24) is 10.3 Å². The molecule has 2 N–H and O–H groups in total. The number of fused-ring (bicyclic) bond motifs is 1. The monoisotopic (exact) mass is 349 g/mol. The zero-order valence-corrected chi connectivity index (χ0v) is 15.2. The van der Waals surface area contributed by atoms with E-state index in [1.54, 1.807) is 6.07 Å². The van der Waals surface area contributed by atoms with Crippen LogP contribution in [0.3, 0.4) is 0 Å². The number of pyridine rings is 1. The highest BCUT2D eigenvalue weighted by Crippen LogP contribution is 2.21. The molecular formula is C20H19N3OS. The second kappa shape index (κ2) is 6.99. The Bertz CT molecular complexity index is 982. The molecule has 25 heavy (non-hydrogen) atoms. The van der Waals surface area contributed by atoms with Gasteiger partial charge in [-0.05, 0) is 68.4 Å². The molecular weight excluding hydrogens is 330 g/mol. The van der Waals surface area contributed by atoms with E-state index in [1.807, 2.05) is 63.2 Å². The van der Waals surface area contributed by atoms with Crippen LogP contribution < -0.4 is 10.6 Å². The number of rotatable bonds is 2. The lowest BCUT2D eigenvalue weighted by atomic mass is 10.1. The zero-order valence-electron chi connectivity index (χ0n) is 14.4. The molecule has 0 spiro atoms. The van der Waals surface area contributed by atoms with Crippen molar-refractivity contribution in [2.75, 3.05) is 5.32 Å². The van der Waals surface area contributed by atoms with E-state index in [9.17, 15) is 4.79 Å². The van der Waals surface area contributed by atoms with Gasteiger partial charge in [-0.3, -0.25) is 15.1 Å². The van der Waals surface area contributed by atoms with Crippen molar-refractivity contribution in [3.8, 4) is 0 Å². The SMILES string of the molecule is Cc1ccc2cccc(NC(=S)NC(=O)c3ccc(C)c(C)c3)c2n1. The summed E-state index contributed by atoms with van der Waals surface area (Å²) in [5.41, 5.74) is 5.32. The zero-order chi connectivity index (χ0) is 18.0. The maximum atomic E-state index is 12.4. The molecule has 0 unspecified atom stereocenters. The molecule has 0 bridgehead atoms. The summed E-state index contributed by atoms with van der Waals surface area (Å²) < 4.78 is 0. The number of benzene rings is 2. The van der Waals surface area contributed by atoms with E-state index in [0.29, 0.717) is 5.56 Å². The summed E-state index contributed by atoms with van der Waals surface area (Å²) in [7, 11) is 0. The van der Waals surface area contributed by atoms with Crippen LogP contribution in [0.5, 0.6) is 0 Å². The van der Waals surface area contributed by atoms with Crippen LogP contribution in [0.1, 0.15) is 27.2 Å². The fraction of sp³-hybridized carbons (Fsp3) is 0.150. The van der Waals surface area contributed by atoms with Gasteiger partial charge in [-0.15, -0.1) is 0 Å². The van der Waals surface area contributed by atoms with Gasteiger partial charge in [0.2, 0.25) is 0 Å². The first-order valence-corrected chi connectivity index (χ1v) is 8.41. The Morgan fingerprint density at radius 3 is 2.56 bits per heavy atom. The fourth-order valence-electron chi connectivity index (χ4n) is 2.56. The lowest BCUT2D eigenvalue weighted by Crippen LogP contribution is -2.34. The predicted molar refractivity (Wildman–Crippen MR) is 106 cm³/mol. The van der Waals surface area contributed by atoms with Crippen molar-refractivity contribution in [3.05, 3.63) is 70.9 Å². The summed E-state index contributed by atoms with van der Waals surface area (Å²) in [5.74, 6) is -0.232. The van der Waals surface area contributed by atoms with Crippen molar-refractivity contribution in [2.24, 2.45) is 0 Å². The van der Waals surface area contributed by atoms with Crippen LogP contribution in [0.25, 0.3) is 10.9 Å². The summed E-state index contributed by atoms with van der Waals surface area (Å²) in [6.07, 6.45) is 0. The molecule has 1 heterocycles. The van der Waals surface area contributed by atoms with Crippen LogP contribution in [0, 0.1) is 20.8 Å².